The van der Waals surface area contributed by atoms with Crippen molar-refractivity contribution in [1.29, 1.82) is 0 Å². The van der Waals surface area contributed by atoms with Crippen LogP contribution >= 0.6 is 19.5 Å². The van der Waals surface area contributed by atoms with E-state index in [1.807, 2.05) is 0 Å². The summed E-state index contributed by atoms with van der Waals surface area (Å²) in [6.07, 6.45) is 0. The van der Waals surface area contributed by atoms with Gasteiger partial charge in [-0.2, -0.15) is 9.46 Å². The monoisotopic (exact) mass is 290 g/mol. The molecule has 0 aromatic heterocycles. The standard InChI is InChI=1S/C9H11N2O5PS/c1-15-17(2,14)16-6-3-4-7-8(5-6)18-10-9(12)11(7)13/h3-5,13H,1-2H3,(H,10,12). The van der Waals surface area contributed by atoms with Crippen molar-refractivity contribution in [2.24, 2.45) is 4.40 Å². The van der Waals surface area contributed by atoms with Crippen molar-refractivity contribution in [2.75, 3.05) is 18.8 Å². The molecule has 0 fully saturated rings. The third-order valence-corrected chi connectivity index (χ3v) is 4.16. The summed E-state index contributed by atoms with van der Waals surface area (Å²) in [6.45, 7) is 1.35. The molecule has 0 bridgehead atoms. The van der Waals surface area contributed by atoms with Crippen molar-refractivity contribution >= 4 is 31.3 Å². The zero-order valence-electron chi connectivity index (χ0n) is 9.60. The Kier molecular flexibility index (Phi) is 3.54. The lowest BCUT2D eigenvalue weighted by molar-refractivity contribution is 0.281. The van der Waals surface area contributed by atoms with E-state index >= 15 is 0 Å². The number of hydroxylamine groups is 1. The predicted molar refractivity (Wildman–Crippen MR) is 67.8 cm³/mol. The summed E-state index contributed by atoms with van der Waals surface area (Å²) in [4.78, 5) is 0.559. The van der Waals surface area contributed by atoms with Crippen LogP contribution in [0.15, 0.2) is 27.5 Å². The fraction of sp³-hybridized carbons (Fsp3) is 0.222. The third kappa shape index (κ3) is 2.62. The van der Waals surface area contributed by atoms with E-state index in [1.165, 1.54) is 25.9 Å². The predicted octanol–water partition coefficient (Wildman–Crippen LogP) is 2.67. The Morgan fingerprint density at radius 3 is 2.89 bits per heavy atom. The van der Waals surface area contributed by atoms with Gasteiger partial charge in [0.15, 0.2) is 0 Å². The van der Waals surface area contributed by atoms with Gasteiger partial charge in [0.1, 0.15) is 5.75 Å². The lowest BCUT2D eigenvalue weighted by Gasteiger charge is -2.21. The number of aliphatic hydroxyl groups is 1. The van der Waals surface area contributed by atoms with E-state index in [0.29, 0.717) is 21.4 Å². The number of aliphatic hydroxyl groups excluding tert-OH is 1. The smallest absolute Gasteiger partial charge is 0.375 e. The molecular formula is C9H11N2O5PS. The number of anilines is 1. The third-order valence-electron chi connectivity index (χ3n) is 2.18. The van der Waals surface area contributed by atoms with Gasteiger partial charge >= 0.3 is 13.6 Å². The van der Waals surface area contributed by atoms with Gasteiger partial charge < -0.3 is 14.2 Å². The zero-order chi connectivity index (χ0) is 13.3. The molecule has 1 aliphatic rings. The maximum atomic E-state index is 11.7. The molecule has 7 nitrogen and oxygen atoms in total. The first-order valence-corrected chi connectivity index (χ1v) is 7.59. The van der Waals surface area contributed by atoms with E-state index in [4.69, 9.17) is 9.05 Å². The fourth-order valence-electron chi connectivity index (χ4n) is 1.26. The number of rotatable bonds is 3. The average molecular weight is 290 g/mol. The molecule has 1 heterocycles. The number of fused-ring (bicyclic) bond motifs is 1. The largest absolute Gasteiger partial charge is 0.478 e. The van der Waals surface area contributed by atoms with Crippen molar-refractivity contribution in [3.8, 4) is 5.75 Å². The Labute approximate surface area is 108 Å². The Morgan fingerprint density at radius 1 is 1.50 bits per heavy atom. The van der Waals surface area contributed by atoms with Gasteiger partial charge in [-0.1, -0.05) is 0 Å². The molecule has 0 radical (unpaired) electrons. The fourth-order valence-corrected chi connectivity index (χ4v) is 2.51. The molecule has 0 amide bonds. The van der Waals surface area contributed by atoms with Crippen LogP contribution < -0.4 is 9.59 Å². The quantitative estimate of drug-likeness (QED) is 0.653. The number of hydrogen-bond acceptors (Lipinski definition) is 7. The number of hydrogen-bond donors (Lipinski definition) is 2. The van der Waals surface area contributed by atoms with E-state index in [9.17, 15) is 14.9 Å². The molecule has 98 valence electrons. The van der Waals surface area contributed by atoms with Crippen molar-refractivity contribution in [3.63, 3.8) is 0 Å². The van der Waals surface area contributed by atoms with Crippen LogP contribution in [0.3, 0.4) is 0 Å². The first kappa shape index (κ1) is 13.2. The lowest BCUT2D eigenvalue weighted by Crippen LogP contribution is -2.28. The second-order valence-electron chi connectivity index (χ2n) is 3.47. The van der Waals surface area contributed by atoms with Crippen LogP contribution in [0.25, 0.3) is 0 Å². The van der Waals surface area contributed by atoms with Crippen LogP contribution in [0.1, 0.15) is 0 Å². The molecule has 0 aliphatic carbocycles. The molecule has 1 unspecified atom stereocenters. The first-order valence-electron chi connectivity index (χ1n) is 4.83. The van der Waals surface area contributed by atoms with Crippen LogP contribution in [-0.2, 0) is 9.09 Å². The summed E-state index contributed by atoms with van der Waals surface area (Å²) in [7, 11) is -1.83. The van der Waals surface area contributed by atoms with Gasteiger partial charge in [-0.05, 0) is 18.2 Å². The highest BCUT2D eigenvalue weighted by Crippen LogP contribution is 2.45. The molecule has 1 aromatic carbocycles. The number of amidine groups is 1. The van der Waals surface area contributed by atoms with E-state index in [-0.39, 0.29) is 0 Å². The molecule has 0 saturated heterocycles. The summed E-state index contributed by atoms with van der Waals surface area (Å²) in [6, 6.07) is 4.07. The normalized spacial score (nSPS) is 17.7. The van der Waals surface area contributed by atoms with Crippen molar-refractivity contribution in [2.45, 2.75) is 4.90 Å². The summed E-state index contributed by atoms with van der Waals surface area (Å²) < 4.78 is 25.2. The molecule has 2 N–H and O–H groups in total. The SMILES string of the molecule is COP(C)(=O)Oc1ccc2c(c1)SN=C(O)N2O. The van der Waals surface area contributed by atoms with Gasteiger partial charge in [0.05, 0.1) is 10.6 Å². The molecule has 18 heavy (non-hydrogen) atoms. The molecular weight excluding hydrogens is 279 g/mol. The first-order chi connectivity index (χ1) is 8.43. The Hall–Kier alpha value is -1.21. The zero-order valence-corrected chi connectivity index (χ0v) is 11.3. The molecule has 1 aliphatic heterocycles. The highest BCUT2D eigenvalue weighted by Gasteiger charge is 2.22. The Morgan fingerprint density at radius 2 is 2.22 bits per heavy atom. The number of benzene rings is 1. The Balaban J connectivity index is 2.28. The highest BCUT2D eigenvalue weighted by molar-refractivity contribution is 7.98. The van der Waals surface area contributed by atoms with E-state index < -0.39 is 13.6 Å². The van der Waals surface area contributed by atoms with Gasteiger partial charge in [-0.25, -0.2) is 4.57 Å². The van der Waals surface area contributed by atoms with Crippen molar-refractivity contribution in [3.05, 3.63) is 18.2 Å². The van der Waals surface area contributed by atoms with Crippen LogP contribution in [0.2, 0.25) is 0 Å². The van der Waals surface area contributed by atoms with Gasteiger partial charge in [0.25, 0.3) is 0 Å². The van der Waals surface area contributed by atoms with E-state index in [1.54, 1.807) is 6.07 Å². The average Bonchev–Trinajstić information content (AvgIpc) is 2.34. The van der Waals surface area contributed by atoms with Gasteiger partial charge in [0.2, 0.25) is 0 Å². The molecule has 2 rings (SSSR count). The van der Waals surface area contributed by atoms with Gasteiger partial charge in [-0.15, -0.1) is 0 Å². The number of nitrogens with zero attached hydrogens (tertiary/aromatic N) is 2. The minimum Gasteiger partial charge on any atom is -0.478 e. The van der Waals surface area contributed by atoms with E-state index in [2.05, 4.69) is 4.40 Å². The van der Waals surface area contributed by atoms with Crippen molar-refractivity contribution in [1.82, 2.24) is 0 Å². The second-order valence-corrected chi connectivity index (χ2v) is 6.36. The second kappa shape index (κ2) is 4.81. The van der Waals surface area contributed by atoms with Crippen LogP contribution in [0.4, 0.5) is 5.69 Å². The van der Waals surface area contributed by atoms with Crippen LogP contribution in [0, 0.1) is 0 Å². The maximum absolute atomic E-state index is 11.7. The highest BCUT2D eigenvalue weighted by atomic mass is 32.2. The summed E-state index contributed by atoms with van der Waals surface area (Å²) in [5, 5.41) is 19.3. The minimum absolute atomic E-state index is 0.332. The molecule has 0 spiro atoms. The molecule has 1 atom stereocenters. The van der Waals surface area contributed by atoms with E-state index in [0.717, 1.165) is 11.9 Å². The van der Waals surface area contributed by atoms with Gasteiger partial charge in [0, 0.05) is 25.7 Å². The Bertz CT molecular complexity index is 550. The molecule has 9 heteroatoms. The maximum Gasteiger partial charge on any atom is 0.375 e. The summed E-state index contributed by atoms with van der Waals surface area (Å²) in [5.74, 6) is 0.332. The van der Waals surface area contributed by atoms with Gasteiger partial charge in [-0.3, -0.25) is 5.21 Å². The minimum atomic E-state index is -3.13. The lowest BCUT2D eigenvalue weighted by atomic mass is 10.3. The topological polar surface area (TPSA) is 91.6 Å². The van der Waals surface area contributed by atoms with Crippen LogP contribution in [0.5, 0.6) is 5.75 Å². The van der Waals surface area contributed by atoms with Crippen molar-refractivity contribution < 1.29 is 23.9 Å². The van der Waals surface area contributed by atoms with Crippen LogP contribution in [-0.4, -0.2) is 30.1 Å². The molecule has 0 saturated carbocycles. The summed E-state index contributed by atoms with van der Waals surface area (Å²) in [5.41, 5.74) is 0.364. The molecule has 1 aromatic rings. The summed E-state index contributed by atoms with van der Waals surface area (Å²) >= 11 is 0.974.